The summed E-state index contributed by atoms with van der Waals surface area (Å²) in [7, 11) is 0. The first-order valence-electron chi connectivity index (χ1n) is 4.77. The summed E-state index contributed by atoms with van der Waals surface area (Å²) in [6, 6.07) is 0. The fourth-order valence-electron chi connectivity index (χ4n) is 3.00. The molecule has 0 spiro atoms. The van der Waals surface area contributed by atoms with E-state index in [9.17, 15) is 4.79 Å². The zero-order valence-electron chi connectivity index (χ0n) is 8.24. The molecule has 14 heavy (non-hydrogen) atoms. The van der Waals surface area contributed by atoms with E-state index in [4.69, 9.17) is 0 Å². The summed E-state index contributed by atoms with van der Waals surface area (Å²) in [5, 5.41) is 0.891. The molecule has 0 aliphatic heterocycles. The Kier molecular flexibility index (Phi) is 2.54. The highest BCUT2D eigenvalue weighted by Crippen LogP contribution is 2.69. The zero-order chi connectivity index (χ0) is 10.8. The number of alkyl halides is 3. The average Bonchev–Trinajstić information content (AvgIpc) is 2.45. The summed E-state index contributed by atoms with van der Waals surface area (Å²) in [6.07, 6.45) is 2.06. The van der Waals surface area contributed by atoms with E-state index in [-0.39, 0.29) is 20.0 Å². The zero-order valence-corrected chi connectivity index (χ0v) is 13.0. The molecule has 0 aromatic rings. The molecule has 0 N–H and O–H groups in total. The van der Waals surface area contributed by atoms with Crippen molar-refractivity contribution in [2.75, 3.05) is 5.33 Å². The number of fused-ring (bicyclic) bond motifs is 2. The molecule has 0 amide bonds. The molecule has 2 aliphatic carbocycles. The Hall–Kier alpha value is 1.11. The topological polar surface area (TPSA) is 17.1 Å². The van der Waals surface area contributed by atoms with Crippen molar-refractivity contribution < 1.29 is 4.79 Å². The van der Waals surface area contributed by atoms with Crippen LogP contribution in [0.4, 0.5) is 0 Å². The van der Waals surface area contributed by atoms with Crippen LogP contribution in [0.15, 0.2) is 0 Å². The third-order valence-corrected chi connectivity index (χ3v) is 8.74. The van der Waals surface area contributed by atoms with Gasteiger partial charge in [-0.05, 0) is 12.8 Å². The number of halogens is 3. The molecule has 0 aromatic heterocycles. The standard InChI is InChI=1S/C10H13Br3O/c1-8(2)7(14)10(13)4-3-9(8,5-11)6(10)12/h6H,3-5H2,1-2H3/t6-,9+,10-/m1/s1. The smallest absolute Gasteiger partial charge is 0.156 e. The number of ketones is 1. The van der Waals surface area contributed by atoms with Crippen molar-refractivity contribution in [2.45, 2.75) is 35.8 Å². The van der Waals surface area contributed by atoms with E-state index in [0.717, 1.165) is 18.2 Å². The molecule has 0 radical (unpaired) electrons. The van der Waals surface area contributed by atoms with Gasteiger partial charge in [-0.3, -0.25) is 4.79 Å². The molecule has 2 aliphatic rings. The first-order chi connectivity index (χ1) is 6.33. The predicted octanol–water partition coefficient (Wildman–Crippen LogP) is 3.67. The third-order valence-electron chi connectivity index (χ3n) is 4.25. The molecular weight excluding hydrogens is 376 g/mol. The molecule has 2 bridgehead atoms. The Morgan fingerprint density at radius 2 is 2.00 bits per heavy atom. The molecule has 2 rings (SSSR count). The van der Waals surface area contributed by atoms with Gasteiger partial charge >= 0.3 is 0 Å². The minimum absolute atomic E-state index is 0.0770. The normalized spacial score (nSPS) is 50.1. The van der Waals surface area contributed by atoms with Gasteiger partial charge in [-0.2, -0.15) is 0 Å². The first kappa shape index (κ1) is 11.6. The fourth-order valence-corrected chi connectivity index (χ4v) is 7.27. The Balaban J connectivity index is 2.58. The molecule has 1 nitrogen and oxygen atoms in total. The second-order valence-electron chi connectivity index (χ2n) is 4.97. The van der Waals surface area contributed by atoms with Crippen molar-refractivity contribution in [1.82, 2.24) is 0 Å². The lowest BCUT2D eigenvalue weighted by molar-refractivity contribution is -0.131. The lowest BCUT2D eigenvalue weighted by Crippen LogP contribution is -2.43. The van der Waals surface area contributed by atoms with Crippen molar-refractivity contribution in [3.05, 3.63) is 0 Å². The Morgan fingerprint density at radius 1 is 1.43 bits per heavy atom. The molecule has 0 aromatic carbocycles. The third kappa shape index (κ3) is 0.988. The van der Waals surface area contributed by atoms with Crippen molar-refractivity contribution in [3.8, 4) is 0 Å². The van der Waals surface area contributed by atoms with Gasteiger partial charge in [-0.25, -0.2) is 0 Å². The molecule has 3 atom stereocenters. The number of rotatable bonds is 1. The maximum absolute atomic E-state index is 12.3. The number of carbonyl (C=O) groups excluding carboxylic acids is 1. The molecule has 0 unspecified atom stereocenters. The van der Waals surface area contributed by atoms with Crippen LogP contribution in [0.3, 0.4) is 0 Å². The van der Waals surface area contributed by atoms with Gasteiger partial charge in [-0.1, -0.05) is 61.6 Å². The van der Waals surface area contributed by atoms with Gasteiger partial charge in [0.15, 0.2) is 5.78 Å². The van der Waals surface area contributed by atoms with Crippen molar-refractivity contribution in [3.63, 3.8) is 0 Å². The molecular formula is C10H13Br3O. The molecule has 2 fully saturated rings. The van der Waals surface area contributed by atoms with Gasteiger partial charge in [0.2, 0.25) is 0 Å². The van der Waals surface area contributed by atoms with Gasteiger partial charge in [0.1, 0.15) is 0 Å². The summed E-state index contributed by atoms with van der Waals surface area (Å²) in [5.41, 5.74) is -0.153. The molecule has 4 heteroatoms. The maximum atomic E-state index is 12.3. The van der Waals surface area contributed by atoms with Crippen LogP contribution in [0.1, 0.15) is 26.7 Å². The molecule has 80 valence electrons. The van der Waals surface area contributed by atoms with Crippen LogP contribution in [0.2, 0.25) is 0 Å². The summed E-state index contributed by atoms with van der Waals surface area (Å²) >= 11 is 11.0. The van der Waals surface area contributed by atoms with E-state index in [1.54, 1.807) is 0 Å². The lowest BCUT2D eigenvalue weighted by Gasteiger charge is -2.40. The van der Waals surface area contributed by atoms with Crippen LogP contribution < -0.4 is 0 Å². The summed E-state index contributed by atoms with van der Waals surface area (Å²) < 4.78 is -0.315. The summed E-state index contributed by atoms with van der Waals surface area (Å²) in [6.45, 7) is 4.15. The van der Waals surface area contributed by atoms with Gasteiger partial charge in [0, 0.05) is 21.0 Å². The average molecular weight is 389 g/mol. The van der Waals surface area contributed by atoms with Crippen LogP contribution in [0.25, 0.3) is 0 Å². The predicted molar refractivity (Wildman–Crippen MR) is 68.6 cm³/mol. The minimum Gasteiger partial charge on any atom is -0.297 e. The number of hydrogen-bond acceptors (Lipinski definition) is 1. The van der Waals surface area contributed by atoms with Gasteiger partial charge in [0.05, 0.1) is 4.32 Å². The second kappa shape index (κ2) is 3.07. The van der Waals surface area contributed by atoms with Crippen molar-refractivity contribution >= 4 is 53.6 Å². The largest absolute Gasteiger partial charge is 0.297 e. The van der Waals surface area contributed by atoms with E-state index in [0.29, 0.717) is 5.78 Å². The lowest BCUT2D eigenvalue weighted by atomic mass is 9.65. The van der Waals surface area contributed by atoms with Crippen LogP contribution >= 0.6 is 47.8 Å². The minimum atomic E-state index is -0.315. The highest BCUT2D eigenvalue weighted by atomic mass is 79.9. The van der Waals surface area contributed by atoms with Crippen LogP contribution in [0.5, 0.6) is 0 Å². The van der Waals surface area contributed by atoms with E-state index < -0.39 is 0 Å². The van der Waals surface area contributed by atoms with Crippen LogP contribution in [-0.2, 0) is 4.79 Å². The Morgan fingerprint density at radius 3 is 2.29 bits per heavy atom. The first-order valence-corrected chi connectivity index (χ1v) is 7.60. The van der Waals surface area contributed by atoms with Gasteiger partial charge in [0.25, 0.3) is 0 Å². The maximum Gasteiger partial charge on any atom is 0.156 e. The van der Waals surface area contributed by atoms with Gasteiger partial charge < -0.3 is 0 Å². The quantitative estimate of drug-likeness (QED) is 0.626. The van der Waals surface area contributed by atoms with E-state index in [1.165, 1.54) is 0 Å². The van der Waals surface area contributed by atoms with E-state index in [2.05, 4.69) is 61.6 Å². The van der Waals surface area contributed by atoms with Crippen LogP contribution in [-0.4, -0.2) is 20.3 Å². The van der Waals surface area contributed by atoms with E-state index in [1.807, 2.05) is 0 Å². The highest BCUT2D eigenvalue weighted by molar-refractivity contribution is 9.13. The highest BCUT2D eigenvalue weighted by Gasteiger charge is 2.73. The summed E-state index contributed by atoms with van der Waals surface area (Å²) in [5.74, 6) is 0.359. The van der Waals surface area contributed by atoms with E-state index >= 15 is 0 Å². The monoisotopic (exact) mass is 386 g/mol. The fraction of sp³-hybridized carbons (Fsp3) is 0.900. The summed E-state index contributed by atoms with van der Waals surface area (Å²) in [4.78, 5) is 12.5. The van der Waals surface area contributed by atoms with Crippen molar-refractivity contribution in [2.24, 2.45) is 10.8 Å². The van der Waals surface area contributed by atoms with Crippen molar-refractivity contribution in [1.29, 1.82) is 0 Å². The van der Waals surface area contributed by atoms with Crippen LogP contribution in [0, 0.1) is 10.8 Å². The Labute approximate surface area is 110 Å². The second-order valence-corrected chi connectivity index (χ2v) is 7.86. The molecule has 0 saturated heterocycles. The van der Waals surface area contributed by atoms with Gasteiger partial charge in [-0.15, -0.1) is 0 Å². The number of hydrogen-bond donors (Lipinski definition) is 0. The molecule has 0 heterocycles. The number of Topliss-reactive ketones (excluding diaryl/α,β-unsaturated/α-hetero) is 1. The molecule has 2 saturated carbocycles. The number of carbonyl (C=O) groups is 1. The SMILES string of the molecule is CC1(C)C(=O)[C@@]2(Br)CC[C@]1(CBr)[C@H]2Br. The Bertz CT molecular complexity index is 302.